The molecular formula is C13H17NO4. The first-order chi connectivity index (χ1) is 8.70. The summed E-state index contributed by atoms with van der Waals surface area (Å²) in [4.78, 5) is 11.9. The highest BCUT2D eigenvalue weighted by molar-refractivity contribution is 5.83. The molecule has 1 fully saturated rings. The predicted octanol–water partition coefficient (Wildman–Crippen LogP) is 0.320. The van der Waals surface area contributed by atoms with Crippen LogP contribution in [0, 0.1) is 5.41 Å². The third kappa shape index (κ3) is 2.47. The number of ether oxygens (including phenoxy) is 2. The summed E-state index contributed by atoms with van der Waals surface area (Å²) >= 11 is 0. The van der Waals surface area contributed by atoms with Crippen LogP contribution in [0.1, 0.15) is 5.56 Å². The SMILES string of the molecule is COc1ccc(CNC(=O)C2(CO)COC2)cc1. The van der Waals surface area contributed by atoms with Crippen molar-refractivity contribution in [3.8, 4) is 5.75 Å². The van der Waals surface area contributed by atoms with Crippen LogP contribution in [0.3, 0.4) is 0 Å². The maximum Gasteiger partial charge on any atom is 0.233 e. The highest BCUT2D eigenvalue weighted by Gasteiger charge is 2.45. The molecule has 1 saturated heterocycles. The molecule has 0 aliphatic carbocycles. The van der Waals surface area contributed by atoms with Crippen molar-refractivity contribution in [3.63, 3.8) is 0 Å². The van der Waals surface area contributed by atoms with Crippen LogP contribution in [0.15, 0.2) is 24.3 Å². The van der Waals surface area contributed by atoms with E-state index in [-0.39, 0.29) is 25.7 Å². The molecule has 5 heteroatoms. The van der Waals surface area contributed by atoms with Gasteiger partial charge >= 0.3 is 0 Å². The molecule has 0 saturated carbocycles. The monoisotopic (exact) mass is 251 g/mol. The minimum atomic E-state index is -0.744. The van der Waals surface area contributed by atoms with Crippen molar-refractivity contribution in [1.82, 2.24) is 5.32 Å². The quantitative estimate of drug-likeness (QED) is 0.791. The van der Waals surface area contributed by atoms with Crippen LogP contribution in [0.4, 0.5) is 0 Å². The maximum atomic E-state index is 11.9. The first-order valence-corrected chi connectivity index (χ1v) is 5.80. The fourth-order valence-electron chi connectivity index (χ4n) is 1.76. The van der Waals surface area contributed by atoms with E-state index in [1.165, 1.54) is 0 Å². The first kappa shape index (κ1) is 12.9. The molecular weight excluding hydrogens is 234 g/mol. The Kier molecular flexibility index (Phi) is 3.84. The largest absolute Gasteiger partial charge is 0.497 e. The lowest BCUT2D eigenvalue weighted by atomic mass is 9.86. The maximum absolute atomic E-state index is 11.9. The number of hydrogen-bond acceptors (Lipinski definition) is 4. The van der Waals surface area contributed by atoms with E-state index in [1.54, 1.807) is 7.11 Å². The molecule has 0 radical (unpaired) electrons. The zero-order valence-electron chi connectivity index (χ0n) is 10.3. The van der Waals surface area contributed by atoms with E-state index in [2.05, 4.69) is 5.32 Å². The van der Waals surface area contributed by atoms with E-state index in [9.17, 15) is 9.90 Å². The lowest BCUT2D eigenvalue weighted by Gasteiger charge is -2.38. The van der Waals surface area contributed by atoms with Gasteiger partial charge in [0.2, 0.25) is 5.91 Å². The lowest BCUT2D eigenvalue weighted by Crippen LogP contribution is -2.56. The third-order valence-corrected chi connectivity index (χ3v) is 3.15. The first-order valence-electron chi connectivity index (χ1n) is 5.80. The Balaban J connectivity index is 1.88. The zero-order chi connectivity index (χ0) is 13.0. The topological polar surface area (TPSA) is 67.8 Å². The van der Waals surface area contributed by atoms with Gasteiger partial charge in [0.25, 0.3) is 0 Å². The van der Waals surface area contributed by atoms with Crippen molar-refractivity contribution in [3.05, 3.63) is 29.8 Å². The van der Waals surface area contributed by atoms with Crippen molar-refractivity contribution in [1.29, 1.82) is 0 Å². The van der Waals surface area contributed by atoms with Crippen LogP contribution in [0.2, 0.25) is 0 Å². The summed E-state index contributed by atoms with van der Waals surface area (Å²) in [5.74, 6) is 0.622. The van der Waals surface area contributed by atoms with Crippen LogP contribution in [0.25, 0.3) is 0 Å². The van der Waals surface area contributed by atoms with E-state index in [4.69, 9.17) is 9.47 Å². The molecule has 2 rings (SSSR count). The van der Waals surface area contributed by atoms with Crippen molar-refractivity contribution in [2.75, 3.05) is 26.9 Å². The lowest BCUT2D eigenvalue weighted by molar-refractivity contribution is -0.170. The van der Waals surface area contributed by atoms with Gasteiger partial charge in [-0.3, -0.25) is 4.79 Å². The average molecular weight is 251 g/mol. The third-order valence-electron chi connectivity index (χ3n) is 3.15. The molecule has 0 atom stereocenters. The van der Waals surface area contributed by atoms with Gasteiger partial charge in [0.05, 0.1) is 26.9 Å². The summed E-state index contributed by atoms with van der Waals surface area (Å²) in [6.07, 6.45) is 0. The molecule has 1 amide bonds. The number of amides is 1. The van der Waals surface area contributed by atoms with Gasteiger partial charge in [-0.05, 0) is 17.7 Å². The second kappa shape index (κ2) is 5.37. The number of carbonyl (C=O) groups is 1. The number of benzene rings is 1. The van der Waals surface area contributed by atoms with Gasteiger partial charge in [0.1, 0.15) is 11.2 Å². The van der Waals surface area contributed by atoms with Crippen molar-refractivity contribution < 1.29 is 19.4 Å². The number of rotatable bonds is 5. The summed E-state index contributed by atoms with van der Waals surface area (Å²) in [5, 5.41) is 12.0. The smallest absolute Gasteiger partial charge is 0.233 e. The summed E-state index contributed by atoms with van der Waals surface area (Å²) in [6.45, 7) is 0.835. The molecule has 1 aliphatic heterocycles. The van der Waals surface area contributed by atoms with Gasteiger partial charge in [0, 0.05) is 6.54 Å². The van der Waals surface area contributed by atoms with Gasteiger partial charge in [-0.1, -0.05) is 12.1 Å². The zero-order valence-corrected chi connectivity index (χ0v) is 10.3. The molecule has 0 spiro atoms. The fraction of sp³-hybridized carbons (Fsp3) is 0.462. The van der Waals surface area contributed by atoms with Crippen LogP contribution in [-0.4, -0.2) is 37.9 Å². The summed E-state index contributed by atoms with van der Waals surface area (Å²) in [7, 11) is 1.61. The number of aliphatic hydroxyl groups is 1. The summed E-state index contributed by atoms with van der Waals surface area (Å²) < 4.78 is 10.1. The average Bonchev–Trinajstić information content (AvgIpc) is 2.36. The van der Waals surface area contributed by atoms with Gasteiger partial charge < -0.3 is 19.9 Å². The molecule has 0 unspecified atom stereocenters. The Morgan fingerprint density at radius 2 is 2.11 bits per heavy atom. The van der Waals surface area contributed by atoms with Crippen LogP contribution in [0.5, 0.6) is 5.75 Å². The van der Waals surface area contributed by atoms with Crippen molar-refractivity contribution >= 4 is 5.91 Å². The molecule has 1 aromatic rings. The van der Waals surface area contributed by atoms with Gasteiger partial charge in [-0.2, -0.15) is 0 Å². The Morgan fingerprint density at radius 1 is 1.44 bits per heavy atom. The molecule has 18 heavy (non-hydrogen) atoms. The number of hydrogen-bond donors (Lipinski definition) is 2. The Hall–Kier alpha value is -1.59. The fourth-order valence-corrected chi connectivity index (χ4v) is 1.76. The minimum Gasteiger partial charge on any atom is -0.497 e. The molecule has 1 heterocycles. The molecule has 0 aromatic heterocycles. The Bertz CT molecular complexity index is 406. The van der Waals surface area contributed by atoms with Gasteiger partial charge in [-0.25, -0.2) is 0 Å². The molecule has 2 N–H and O–H groups in total. The standard InChI is InChI=1S/C13H17NO4/c1-17-11-4-2-10(3-5-11)6-14-12(16)13(7-15)8-18-9-13/h2-5,15H,6-9H2,1H3,(H,14,16). The van der Waals surface area contributed by atoms with E-state index in [0.29, 0.717) is 6.54 Å². The summed E-state index contributed by atoms with van der Waals surface area (Å²) in [6, 6.07) is 7.47. The molecule has 1 aromatic carbocycles. The van der Waals surface area contributed by atoms with Crippen LogP contribution >= 0.6 is 0 Å². The number of methoxy groups -OCH3 is 1. The Morgan fingerprint density at radius 3 is 2.56 bits per heavy atom. The highest BCUT2D eigenvalue weighted by Crippen LogP contribution is 2.26. The van der Waals surface area contributed by atoms with Gasteiger partial charge in [-0.15, -0.1) is 0 Å². The molecule has 98 valence electrons. The minimum absolute atomic E-state index is 0.160. The number of aliphatic hydroxyl groups excluding tert-OH is 1. The molecule has 5 nitrogen and oxygen atoms in total. The van der Waals surface area contributed by atoms with E-state index < -0.39 is 5.41 Å². The number of carbonyl (C=O) groups excluding carboxylic acids is 1. The second-order valence-electron chi connectivity index (χ2n) is 4.46. The van der Waals surface area contributed by atoms with E-state index >= 15 is 0 Å². The van der Waals surface area contributed by atoms with Crippen molar-refractivity contribution in [2.45, 2.75) is 6.54 Å². The Labute approximate surface area is 106 Å². The number of nitrogens with one attached hydrogen (secondary N) is 1. The second-order valence-corrected chi connectivity index (χ2v) is 4.46. The van der Waals surface area contributed by atoms with Crippen LogP contribution < -0.4 is 10.1 Å². The summed E-state index contributed by atoms with van der Waals surface area (Å²) in [5.41, 5.74) is 0.240. The van der Waals surface area contributed by atoms with Gasteiger partial charge in [0.15, 0.2) is 0 Å². The normalized spacial score (nSPS) is 16.8. The van der Waals surface area contributed by atoms with E-state index in [0.717, 1.165) is 11.3 Å². The highest BCUT2D eigenvalue weighted by atomic mass is 16.5. The predicted molar refractivity (Wildman–Crippen MR) is 65.2 cm³/mol. The van der Waals surface area contributed by atoms with E-state index in [1.807, 2.05) is 24.3 Å². The van der Waals surface area contributed by atoms with Crippen LogP contribution in [-0.2, 0) is 16.1 Å². The van der Waals surface area contributed by atoms with Crippen molar-refractivity contribution in [2.24, 2.45) is 5.41 Å². The molecule has 1 aliphatic rings. The molecule has 0 bridgehead atoms.